The minimum absolute atomic E-state index is 0. The Morgan fingerprint density at radius 2 is 0.948 bits per heavy atom. The van der Waals surface area contributed by atoms with Crippen molar-refractivity contribution in [3.8, 4) is 0 Å². The highest BCUT2D eigenvalue weighted by Crippen LogP contribution is 2.26. The minimum Gasteiger partial charge on any atom is -0.307 e. The lowest BCUT2D eigenvalue weighted by molar-refractivity contribution is 0.728. The van der Waals surface area contributed by atoms with E-state index in [-0.39, 0.29) is 24.8 Å². The third kappa shape index (κ3) is 7.55. The van der Waals surface area contributed by atoms with Crippen LogP contribution < -0.4 is 21.3 Å². The Morgan fingerprint density at radius 1 is 0.483 bits per heavy atom. The van der Waals surface area contributed by atoms with Crippen LogP contribution in [0, 0.1) is 27.7 Å². The van der Waals surface area contributed by atoms with E-state index in [2.05, 4.69) is 61.6 Å². The molecule has 0 spiro atoms. The zero-order valence-electron chi connectivity index (χ0n) is 31.7. The van der Waals surface area contributed by atoms with Gasteiger partial charge in [0.15, 0.2) is 22.6 Å². The summed E-state index contributed by atoms with van der Waals surface area (Å²) in [6.07, 6.45) is 6.93. The molecule has 0 aliphatic carbocycles. The molecule has 12 heterocycles. The second-order valence-corrected chi connectivity index (χ2v) is 15.5. The lowest BCUT2D eigenvalue weighted by atomic mass is 10.3. The topological polar surface area (TPSA) is 169 Å². The van der Waals surface area contributed by atoms with Gasteiger partial charge in [0.2, 0.25) is 0 Å². The Morgan fingerprint density at radius 3 is 1.55 bits per heavy atom. The van der Waals surface area contributed by atoms with Crippen LogP contribution in [-0.4, -0.2) is 58.4 Å². The molecule has 8 aromatic heterocycles. The fraction of sp³-hybridized carbons (Fsp3) is 0.333. The lowest BCUT2D eigenvalue weighted by Gasteiger charge is -2.05. The predicted molar refractivity (Wildman–Crippen MR) is 228 cm³/mol. The summed E-state index contributed by atoms with van der Waals surface area (Å²) in [6, 6.07) is 0. The monoisotopic (exact) mass is 904 g/mol. The zero-order valence-corrected chi connectivity index (χ0v) is 36.3. The van der Waals surface area contributed by atoms with Crippen LogP contribution in [0.15, 0.2) is 24.8 Å². The second-order valence-electron chi connectivity index (χ2n) is 13.9. The van der Waals surface area contributed by atoms with Crippen LogP contribution in [0.3, 0.4) is 0 Å². The minimum atomic E-state index is 0. The first kappa shape index (κ1) is 42.2. The molecule has 0 radical (unpaired) electrons. The Kier molecular flexibility index (Phi) is 12.3. The van der Waals surface area contributed by atoms with Crippen molar-refractivity contribution in [3.63, 3.8) is 0 Å². The highest BCUT2D eigenvalue weighted by Gasteiger charge is 2.23. The van der Waals surface area contributed by atoms with Crippen molar-refractivity contribution in [3.05, 3.63) is 113 Å². The number of nitrogens with one attached hydrogen (secondary N) is 4. The van der Waals surface area contributed by atoms with E-state index < -0.39 is 0 Å². The van der Waals surface area contributed by atoms with Crippen LogP contribution in [-0.2, 0) is 52.4 Å². The first-order chi connectivity index (χ1) is 27.0. The number of halogens is 6. The normalized spacial score (nSPS) is 14.5. The molecule has 4 aliphatic heterocycles. The standard InChI is InChI=1S/C10H11ClN4.2C9H9ClN4.C8H7ClN4.2ClH/c1-5-9(11)6(2)15-10(13-5)7-3-12-4-8(7)14-15;1-5-7(10)4-14-9(12-5)6-2-11-3-8(6)13-14;1-5-7(10)3-12-9-6-2-11-4-8(6)13-14(5)9;9-5-1-11-8-6-2-10-3-7(6)12-13(8)4-5;;/h12H,3-4H2,1-2H3;4,11H,2-3H2,1H3;3,11H,2,4H2,1H3;1,4,10H,2-3H2;2*1H. The van der Waals surface area contributed by atoms with E-state index in [0.29, 0.717) is 20.1 Å². The molecular formula is C36H38Cl6N16. The molecule has 0 amide bonds. The van der Waals surface area contributed by atoms with E-state index >= 15 is 0 Å². The quantitative estimate of drug-likeness (QED) is 0.140. The summed E-state index contributed by atoms with van der Waals surface area (Å²) >= 11 is 23.9. The SMILES string of the molecule is Cc1c(Cl)cnc2c3c(nn12)CNC3.Cc1nc2c3c(nn2c(C)c1Cl)CNC3.Cc1nc2c3c(nn2cc1Cl)CNC3.Cl.Cl.Clc1cnc2c3c(nn2c1)CNC3. The maximum absolute atomic E-state index is 6.14. The molecule has 22 heteroatoms. The van der Waals surface area contributed by atoms with Crippen LogP contribution in [0.2, 0.25) is 20.1 Å². The van der Waals surface area contributed by atoms with Crippen LogP contribution in [0.1, 0.15) is 67.8 Å². The van der Waals surface area contributed by atoms with Crippen molar-refractivity contribution in [1.29, 1.82) is 0 Å². The Labute approximate surface area is 364 Å². The Bertz CT molecular complexity index is 2840. The molecule has 0 saturated heterocycles. The smallest absolute Gasteiger partial charge is 0.160 e. The van der Waals surface area contributed by atoms with Crippen molar-refractivity contribution < 1.29 is 0 Å². The third-order valence-electron chi connectivity index (χ3n) is 10.2. The summed E-state index contributed by atoms with van der Waals surface area (Å²) in [7, 11) is 0. The molecule has 4 N–H and O–H groups in total. The number of hydrogen-bond donors (Lipinski definition) is 4. The molecule has 0 bridgehead atoms. The number of rotatable bonds is 0. The zero-order chi connectivity index (χ0) is 38.8. The third-order valence-corrected chi connectivity index (χ3v) is 11.7. The van der Waals surface area contributed by atoms with Crippen molar-refractivity contribution >= 4 is 93.8 Å². The first-order valence-corrected chi connectivity index (χ1v) is 19.5. The first-order valence-electron chi connectivity index (χ1n) is 18.0. The fourth-order valence-corrected chi connectivity index (χ4v) is 7.74. The maximum atomic E-state index is 6.14. The summed E-state index contributed by atoms with van der Waals surface area (Å²) in [4.78, 5) is 17.5. The van der Waals surface area contributed by atoms with Crippen LogP contribution in [0.25, 0.3) is 22.6 Å². The average Bonchev–Trinajstić information content (AvgIpc) is 4.02. The van der Waals surface area contributed by atoms with E-state index in [1.807, 2.05) is 42.9 Å². The van der Waals surface area contributed by atoms with E-state index in [4.69, 9.17) is 46.4 Å². The predicted octanol–water partition coefficient (Wildman–Crippen LogP) is 6.02. The molecule has 16 nitrogen and oxygen atoms in total. The van der Waals surface area contributed by atoms with Crippen LogP contribution >= 0.6 is 71.2 Å². The summed E-state index contributed by atoms with van der Waals surface area (Å²) in [5.74, 6) is 0. The molecule has 12 rings (SSSR count). The molecule has 58 heavy (non-hydrogen) atoms. The van der Waals surface area contributed by atoms with Gasteiger partial charge >= 0.3 is 0 Å². The van der Waals surface area contributed by atoms with Gasteiger partial charge in [-0.1, -0.05) is 46.4 Å². The summed E-state index contributed by atoms with van der Waals surface area (Å²) in [5.41, 5.74) is 16.5. The van der Waals surface area contributed by atoms with E-state index in [1.54, 1.807) is 27.6 Å². The van der Waals surface area contributed by atoms with Gasteiger partial charge in [0.25, 0.3) is 0 Å². The fourth-order valence-electron chi connectivity index (χ4n) is 7.21. The number of nitrogens with zero attached hydrogens (tertiary/aromatic N) is 12. The van der Waals surface area contributed by atoms with Gasteiger partial charge in [-0.2, -0.15) is 20.4 Å². The average molecular weight is 908 g/mol. The molecule has 0 atom stereocenters. The van der Waals surface area contributed by atoms with Gasteiger partial charge < -0.3 is 21.3 Å². The van der Waals surface area contributed by atoms with Crippen LogP contribution in [0.4, 0.5) is 0 Å². The molecule has 0 fully saturated rings. The highest BCUT2D eigenvalue weighted by molar-refractivity contribution is 6.32. The van der Waals surface area contributed by atoms with E-state index in [9.17, 15) is 0 Å². The number of hydrogen-bond acceptors (Lipinski definition) is 12. The number of aryl methyl sites for hydroxylation is 4. The van der Waals surface area contributed by atoms with Crippen molar-refractivity contribution in [2.45, 2.75) is 80.1 Å². The molecule has 4 aliphatic rings. The Hall–Kier alpha value is -3.94. The summed E-state index contributed by atoms with van der Waals surface area (Å²) in [6.45, 7) is 14.5. The maximum Gasteiger partial charge on any atom is 0.160 e. The summed E-state index contributed by atoms with van der Waals surface area (Å²) in [5, 5.41) is 33.3. The summed E-state index contributed by atoms with van der Waals surface area (Å²) < 4.78 is 7.18. The van der Waals surface area contributed by atoms with Crippen LogP contribution in [0.5, 0.6) is 0 Å². The second kappa shape index (κ2) is 17.0. The van der Waals surface area contributed by atoms with Gasteiger partial charge in [-0.15, -0.1) is 24.8 Å². The van der Waals surface area contributed by atoms with E-state index in [1.165, 1.54) is 22.3 Å². The molecular weight excluding hydrogens is 869 g/mol. The van der Waals surface area contributed by atoms with E-state index in [0.717, 1.165) is 120 Å². The number of aromatic nitrogens is 12. The van der Waals surface area contributed by atoms with Gasteiger partial charge in [0.05, 0.1) is 78.0 Å². The highest BCUT2D eigenvalue weighted by atomic mass is 35.5. The molecule has 0 saturated carbocycles. The van der Waals surface area contributed by atoms with Gasteiger partial charge in [0.1, 0.15) is 0 Å². The van der Waals surface area contributed by atoms with Crippen molar-refractivity contribution in [1.82, 2.24) is 79.7 Å². The lowest BCUT2D eigenvalue weighted by Crippen LogP contribution is -2.06. The van der Waals surface area contributed by atoms with Crippen molar-refractivity contribution in [2.75, 3.05) is 0 Å². The molecule has 0 unspecified atom stereocenters. The van der Waals surface area contributed by atoms with Gasteiger partial charge in [-0.05, 0) is 27.7 Å². The largest absolute Gasteiger partial charge is 0.307 e. The van der Waals surface area contributed by atoms with Crippen molar-refractivity contribution in [2.24, 2.45) is 0 Å². The molecule has 0 aromatic carbocycles. The van der Waals surface area contributed by atoms with Gasteiger partial charge in [-0.3, -0.25) is 0 Å². The Balaban J connectivity index is 0.000000116. The molecule has 8 aromatic rings. The van der Waals surface area contributed by atoms with Gasteiger partial charge in [0, 0.05) is 87.0 Å². The molecule has 304 valence electrons. The number of fused-ring (bicyclic) bond motifs is 12. The van der Waals surface area contributed by atoms with Gasteiger partial charge in [-0.25, -0.2) is 38.0 Å².